The van der Waals surface area contributed by atoms with Crippen molar-refractivity contribution in [2.45, 2.75) is 50.3 Å². The van der Waals surface area contributed by atoms with E-state index in [1.807, 2.05) is 0 Å². The fourth-order valence-corrected chi connectivity index (χ4v) is 5.46. The molecule has 1 fully saturated rings. The third kappa shape index (κ3) is 5.62. The van der Waals surface area contributed by atoms with E-state index in [1.165, 1.54) is 30.1 Å². The highest BCUT2D eigenvalue weighted by atomic mass is 19.4. The summed E-state index contributed by atoms with van der Waals surface area (Å²) >= 11 is 0. The van der Waals surface area contributed by atoms with Gasteiger partial charge in [0.05, 0.1) is 12.3 Å². The van der Waals surface area contributed by atoms with Crippen molar-refractivity contribution in [2.75, 3.05) is 13.6 Å². The van der Waals surface area contributed by atoms with E-state index in [0.717, 1.165) is 19.1 Å². The van der Waals surface area contributed by atoms with E-state index in [0.29, 0.717) is 26.5 Å². The van der Waals surface area contributed by atoms with E-state index in [-0.39, 0.29) is 30.0 Å². The highest BCUT2D eigenvalue weighted by Crippen LogP contribution is 2.47. The molecule has 2 aliphatic rings. The van der Waals surface area contributed by atoms with Gasteiger partial charge in [-0.15, -0.1) is 0 Å². The number of hydrogen-bond donors (Lipinski definition) is 3. The van der Waals surface area contributed by atoms with Gasteiger partial charge in [-0.05, 0) is 47.4 Å². The SMILES string of the molecule is CNC(=O)Cn1cc(-c2ccc3c(c2)[C@@H](O)C[C@]32NC(=O)N(CC(=O)N(Cc3ccc(F)cc3)[C@@H](C)C(F)(F)F)C2=O)cn1. The fraction of sp³-hybridized carbons (Fsp3) is 0.345. The van der Waals surface area contributed by atoms with Crippen molar-refractivity contribution in [3.05, 3.63) is 77.4 Å². The van der Waals surface area contributed by atoms with Crippen LogP contribution in [0.15, 0.2) is 54.9 Å². The number of fused-ring (bicyclic) bond motifs is 2. The Balaban J connectivity index is 1.39. The molecule has 1 aliphatic heterocycles. The van der Waals surface area contributed by atoms with Gasteiger partial charge in [-0.2, -0.15) is 18.3 Å². The number of hydrogen-bond acceptors (Lipinski definition) is 6. The number of alkyl halides is 3. The van der Waals surface area contributed by atoms with Gasteiger partial charge in [0.25, 0.3) is 5.91 Å². The normalized spacial score (nSPS) is 20.1. The summed E-state index contributed by atoms with van der Waals surface area (Å²) in [5, 5.41) is 20.1. The molecule has 2 aromatic carbocycles. The zero-order chi connectivity index (χ0) is 32.0. The number of aliphatic hydroxyl groups is 1. The van der Waals surface area contributed by atoms with Crippen molar-refractivity contribution in [2.24, 2.45) is 0 Å². The van der Waals surface area contributed by atoms with E-state index in [9.17, 15) is 41.8 Å². The zero-order valence-electron chi connectivity index (χ0n) is 23.6. The fourth-order valence-electron chi connectivity index (χ4n) is 5.46. The summed E-state index contributed by atoms with van der Waals surface area (Å²) in [4.78, 5) is 52.7. The van der Waals surface area contributed by atoms with Crippen molar-refractivity contribution >= 4 is 23.8 Å². The van der Waals surface area contributed by atoms with Crippen LogP contribution in [0, 0.1) is 5.82 Å². The van der Waals surface area contributed by atoms with Gasteiger partial charge >= 0.3 is 12.2 Å². The quantitative estimate of drug-likeness (QED) is 0.263. The lowest BCUT2D eigenvalue weighted by Crippen LogP contribution is -2.51. The summed E-state index contributed by atoms with van der Waals surface area (Å²) in [5.41, 5.74) is 0.347. The maximum Gasteiger partial charge on any atom is 0.408 e. The number of urea groups is 1. The Hall–Kier alpha value is -4.79. The molecule has 44 heavy (non-hydrogen) atoms. The lowest BCUT2D eigenvalue weighted by molar-refractivity contribution is -0.187. The number of aromatic nitrogens is 2. The highest BCUT2D eigenvalue weighted by Gasteiger charge is 2.58. The molecule has 1 aliphatic carbocycles. The molecule has 0 saturated carbocycles. The van der Waals surface area contributed by atoms with Crippen LogP contribution in [0.2, 0.25) is 0 Å². The van der Waals surface area contributed by atoms with Gasteiger partial charge < -0.3 is 20.6 Å². The minimum Gasteiger partial charge on any atom is -0.388 e. The maximum atomic E-state index is 13.7. The van der Waals surface area contributed by atoms with E-state index in [1.54, 1.807) is 24.4 Å². The number of imide groups is 1. The van der Waals surface area contributed by atoms with Gasteiger partial charge in [-0.3, -0.25) is 24.0 Å². The van der Waals surface area contributed by atoms with Crippen LogP contribution < -0.4 is 10.6 Å². The number of aliphatic hydroxyl groups excluding tert-OH is 1. The number of benzene rings is 2. The Labute approximate surface area is 248 Å². The zero-order valence-corrected chi connectivity index (χ0v) is 23.6. The molecule has 1 saturated heterocycles. The Kier molecular flexibility index (Phi) is 7.92. The van der Waals surface area contributed by atoms with E-state index in [4.69, 9.17) is 0 Å². The molecule has 15 heteroatoms. The number of nitrogens with zero attached hydrogens (tertiary/aromatic N) is 4. The average Bonchev–Trinajstić information content (AvgIpc) is 3.62. The second-order valence-corrected chi connectivity index (χ2v) is 10.7. The third-order valence-electron chi connectivity index (χ3n) is 7.92. The highest BCUT2D eigenvalue weighted by molar-refractivity contribution is 6.10. The van der Waals surface area contributed by atoms with Gasteiger partial charge in [0, 0.05) is 31.8 Å². The Bertz CT molecular complexity index is 1620. The molecule has 232 valence electrons. The Morgan fingerprint density at radius 2 is 1.86 bits per heavy atom. The number of likely N-dealkylation sites (N-methyl/N-ethyl adjacent to an activating group) is 1. The molecule has 0 bridgehead atoms. The van der Waals surface area contributed by atoms with E-state index >= 15 is 0 Å². The first kappa shape index (κ1) is 30.7. The first-order valence-electron chi connectivity index (χ1n) is 13.5. The lowest BCUT2D eigenvalue weighted by atomic mass is 9.90. The molecular formula is C29H28F4N6O5. The molecule has 3 atom stereocenters. The van der Waals surface area contributed by atoms with Crippen LogP contribution in [0.1, 0.15) is 36.1 Å². The number of carbonyl (C=O) groups excluding carboxylic acids is 4. The van der Waals surface area contributed by atoms with Crippen LogP contribution in [-0.2, 0) is 33.0 Å². The van der Waals surface area contributed by atoms with Gasteiger partial charge in [-0.25, -0.2) is 9.18 Å². The minimum atomic E-state index is -4.82. The molecule has 11 nitrogen and oxygen atoms in total. The minimum absolute atomic E-state index is 0.00859. The number of amides is 5. The number of nitrogens with one attached hydrogen (secondary N) is 2. The van der Waals surface area contributed by atoms with Crippen LogP contribution >= 0.6 is 0 Å². The lowest BCUT2D eigenvalue weighted by Gasteiger charge is -2.32. The van der Waals surface area contributed by atoms with Crippen molar-refractivity contribution < 1.29 is 41.8 Å². The molecular weight excluding hydrogens is 588 g/mol. The summed E-state index contributed by atoms with van der Waals surface area (Å²) in [6.07, 6.45) is -3.11. The summed E-state index contributed by atoms with van der Waals surface area (Å²) in [6.45, 7) is -0.760. The van der Waals surface area contributed by atoms with Crippen molar-refractivity contribution in [3.8, 4) is 11.1 Å². The van der Waals surface area contributed by atoms with Gasteiger partial charge in [0.15, 0.2) is 0 Å². The molecule has 0 radical (unpaired) electrons. The third-order valence-corrected chi connectivity index (χ3v) is 7.92. The van der Waals surface area contributed by atoms with Crippen LogP contribution in [0.3, 0.4) is 0 Å². The molecule has 3 aromatic rings. The molecule has 2 heterocycles. The van der Waals surface area contributed by atoms with Crippen molar-refractivity contribution in [3.63, 3.8) is 0 Å². The Morgan fingerprint density at radius 1 is 1.16 bits per heavy atom. The molecule has 3 N–H and O–H groups in total. The second kappa shape index (κ2) is 11.4. The number of carbonyl (C=O) groups is 4. The van der Waals surface area contributed by atoms with Crippen molar-refractivity contribution in [1.29, 1.82) is 0 Å². The smallest absolute Gasteiger partial charge is 0.388 e. The summed E-state index contributed by atoms with van der Waals surface area (Å²) in [6, 6.07) is 6.10. The van der Waals surface area contributed by atoms with Crippen LogP contribution in [0.4, 0.5) is 22.4 Å². The van der Waals surface area contributed by atoms with Crippen molar-refractivity contribution in [1.82, 2.24) is 30.2 Å². The van der Waals surface area contributed by atoms with Gasteiger partial charge in [0.2, 0.25) is 11.8 Å². The molecule has 1 aromatic heterocycles. The Morgan fingerprint density at radius 3 is 2.52 bits per heavy atom. The standard InChI is InChI=1S/C29H28F4N6O5/c1-16(29(31,32)33)38(12-17-3-6-20(30)7-4-17)25(42)15-39-26(43)28(36-27(39)44)10-23(40)21-9-18(5-8-22(21)28)19-11-35-37(13-19)14-24(41)34-2/h3-9,11,13,16,23,40H,10,12,14-15H2,1-2H3,(H,34,41)(H,36,44)/t16-,23-,28-/m0/s1. The molecule has 5 rings (SSSR count). The van der Waals surface area contributed by atoms with Crippen LogP contribution in [0.25, 0.3) is 11.1 Å². The summed E-state index contributed by atoms with van der Waals surface area (Å²) in [5.74, 6) is -2.90. The predicted octanol–water partition coefficient (Wildman–Crippen LogP) is 2.60. The van der Waals surface area contributed by atoms with Crippen LogP contribution in [-0.4, -0.2) is 74.3 Å². The van der Waals surface area contributed by atoms with Gasteiger partial charge in [-0.1, -0.05) is 24.3 Å². The largest absolute Gasteiger partial charge is 0.408 e. The topological polar surface area (TPSA) is 137 Å². The molecule has 0 unspecified atom stereocenters. The summed E-state index contributed by atoms with van der Waals surface area (Å²) < 4.78 is 55.9. The van der Waals surface area contributed by atoms with Crippen LogP contribution in [0.5, 0.6) is 0 Å². The predicted molar refractivity (Wildman–Crippen MR) is 146 cm³/mol. The summed E-state index contributed by atoms with van der Waals surface area (Å²) in [7, 11) is 1.50. The first-order valence-corrected chi connectivity index (χ1v) is 13.5. The number of rotatable bonds is 8. The molecule has 1 spiro atoms. The molecule has 5 amide bonds. The van der Waals surface area contributed by atoms with Gasteiger partial charge in [0.1, 0.15) is 30.5 Å². The second-order valence-electron chi connectivity index (χ2n) is 10.7. The average molecular weight is 617 g/mol. The van der Waals surface area contributed by atoms with E-state index in [2.05, 4.69) is 15.7 Å². The monoisotopic (exact) mass is 616 g/mol. The number of halogens is 4. The maximum absolute atomic E-state index is 13.7. The first-order chi connectivity index (χ1) is 20.7. The van der Waals surface area contributed by atoms with E-state index < -0.39 is 60.6 Å².